The minimum absolute atomic E-state index is 0.102. The molecule has 15 heteroatoms. The first-order chi connectivity index (χ1) is 19.3. The van der Waals surface area contributed by atoms with E-state index in [1.54, 1.807) is 17.1 Å². The van der Waals surface area contributed by atoms with E-state index in [4.69, 9.17) is 21.1 Å². The van der Waals surface area contributed by atoms with Crippen molar-refractivity contribution in [2.24, 2.45) is 0 Å². The van der Waals surface area contributed by atoms with Crippen LogP contribution in [0.5, 0.6) is 0 Å². The Balaban J connectivity index is 1.41. The van der Waals surface area contributed by atoms with Crippen LogP contribution in [-0.4, -0.2) is 77.0 Å². The molecule has 0 radical (unpaired) electrons. The van der Waals surface area contributed by atoms with E-state index in [0.29, 0.717) is 17.3 Å². The van der Waals surface area contributed by atoms with E-state index in [2.05, 4.69) is 25.4 Å². The molecule has 1 saturated heterocycles. The number of aliphatic hydroxyl groups excluding tert-OH is 2. The maximum absolute atomic E-state index is 14.1. The Bertz CT molecular complexity index is 1670. The Hall–Kier alpha value is -3.40. The first-order valence-electron chi connectivity index (χ1n) is 12.1. The monoisotopic (exact) mass is 589 g/mol. The molecule has 0 saturated carbocycles. The standard InChI is InChI=1S/C25H22ClF2N7O4S/c1-11-30-25(35(32-11)13-3-4-16-19(7-13)40-10-29-16)24-23(38-2)21(22(37)18(9-36)39-24)34-8-17(31-33-34)12-5-14(27)20(26)15(28)6-12/h3-8,10,18,21-24,36-37H,9H2,1-2H3/t18-,21+,22+,23-,24-/m1/s1. The molecule has 11 nitrogen and oxygen atoms in total. The van der Waals surface area contributed by atoms with Crippen molar-refractivity contribution in [3.63, 3.8) is 0 Å². The molecule has 1 fully saturated rings. The van der Waals surface area contributed by atoms with Crippen LogP contribution in [0.4, 0.5) is 8.78 Å². The summed E-state index contributed by atoms with van der Waals surface area (Å²) in [6.07, 6.45) is -2.71. The highest BCUT2D eigenvalue weighted by atomic mass is 35.5. The zero-order valence-electron chi connectivity index (χ0n) is 21.0. The third-order valence-corrected chi connectivity index (χ3v) is 7.94. The van der Waals surface area contributed by atoms with Gasteiger partial charge in [-0.25, -0.2) is 28.1 Å². The third kappa shape index (κ3) is 4.56. The SMILES string of the molecule is CO[C@@H]1[C@@H](n2cc(-c3cc(F)c(Cl)c(F)c3)nn2)[C@@H](O)[C@@H](CO)O[C@H]1c1nc(C)nn1-c1ccc2ncsc2c1. The third-order valence-electron chi connectivity index (χ3n) is 6.79. The Morgan fingerprint density at radius 3 is 2.70 bits per heavy atom. The molecule has 0 bridgehead atoms. The van der Waals surface area contributed by atoms with Crippen LogP contribution in [-0.2, 0) is 9.47 Å². The van der Waals surface area contributed by atoms with Crippen LogP contribution in [0.25, 0.3) is 27.2 Å². The van der Waals surface area contributed by atoms with Crippen LogP contribution in [0, 0.1) is 18.6 Å². The minimum Gasteiger partial charge on any atom is -0.394 e. The van der Waals surface area contributed by atoms with Crippen LogP contribution < -0.4 is 0 Å². The predicted octanol–water partition coefficient (Wildman–Crippen LogP) is 3.42. The summed E-state index contributed by atoms with van der Waals surface area (Å²) in [5.41, 5.74) is 3.55. The molecule has 4 heterocycles. The topological polar surface area (TPSA) is 133 Å². The number of aliphatic hydroxyl groups is 2. The molecular formula is C25H22ClF2N7O4S. The van der Waals surface area contributed by atoms with E-state index in [9.17, 15) is 19.0 Å². The largest absolute Gasteiger partial charge is 0.394 e. The summed E-state index contributed by atoms with van der Waals surface area (Å²) in [5.74, 6) is -1.04. The molecule has 1 aliphatic rings. The second-order valence-corrected chi connectivity index (χ2v) is 10.5. The number of methoxy groups -OCH3 is 1. The van der Waals surface area contributed by atoms with Crippen LogP contribution in [0.1, 0.15) is 23.8 Å². The molecule has 2 aromatic carbocycles. The molecule has 1 aliphatic heterocycles. The van der Waals surface area contributed by atoms with Gasteiger partial charge >= 0.3 is 0 Å². The molecule has 3 aromatic heterocycles. The number of hydrogen-bond donors (Lipinski definition) is 2. The highest BCUT2D eigenvalue weighted by Crippen LogP contribution is 2.40. The molecule has 2 N–H and O–H groups in total. The fourth-order valence-electron chi connectivity index (χ4n) is 4.91. The zero-order valence-corrected chi connectivity index (χ0v) is 22.6. The summed E-state index contributed by atoms with van der Waals surface area (Å²) in [6.45, 7) is 1.22. The minimum atomic E-state index is -1.29. The van der Waals surface area contributed by atoms with Gasteiger partial charge in [0.25, 0.3) is 0 Å². The van der Waals surface area contributed by atoms with Crippen LogP contribution >= 0.6 is 22.9 Å². The Kier molecular flexibility index (Phi) is 7.06. The van der Waals surface area contributed by atoms with Crippen molar-refractivity contribution < 1.29 is 28.5 Å². The Morgan fingerprint density at radius 2 is 1.98 bits per heavy atom. The molecule has 5 aromatic rings. The number of aryl methyl sites for hydroxylation is 1. The van der Waals surface area contributed by atoms with Crippen molar-refractivity contribution in [3.8, 4) is 16.9 Å². The van der Waals surface area contributed by atoms with Gasteiger partial charge in [-0.3, -0.25) is 0 Å². The number of hydrogen-bond acceptors (Lipinski definition) is 10. The number of ether oxygens (including phenoxy) is 2. The summed E-state index contributed by atoms with van der Waals surface area (Å²) < 4.78 is 44.1. The first-order valence-corrected chi connectivity index (χ1v) is 13.4. The molecule has 40 heavy (non-hydrogen) atoms. The van der Waals surface area contributed by atoms with E-state index in [1.165, 1.54) is 29.3 Å². The van der Waals surface area contributed by atoms with Gasteiger partial charge in [-0.05, 0) is 37.3 Å². The number of fused-ring (bicyclic) bond motifs is 1. The lowest BCUT2D eigenvalue weighted by molar-refractivity contribution is -0.217. The van der Waals surface area contributed by atoms with Crippen LogP contribution in [0.3, 0.4) is 0 Å². The van der Waals surface area contributed by atoms with Crippen LogP contribution in [0.2, 0.25) is 5.02 Å². The quantitative estimate of drug-likeness (QED) is 0.286. The van der Waals surface area contributed by atoms with E-state index in [1.807, 2.05) is 18.2 Å². The number of halogens is 3. The van der Waals surface area contributed by atoms with E-state index in [-0.39, 0.29) is 11.3 Å². The lowest BCUT2D eigenvalue weighted by atomic mass is 9.92. The van der Waals surface area contributed by atoms with Gasteiger partial charge in [0.15, 0.2) is 5.82 Å². The Morgan fingerprint density at radius 1 is 1.20 bits per heavy atom. The fraction of sp³-hybridized carbons (Fsp3) is 0.320. The summed E-state index contributed by atoms with van der Waals surface area (Å²) in [6, 6.07) is 6.81. The van der Waals surface area contributed by atoms with Crippen molar-refractivity contribution >= 4 is 33.2 Å². The molecule has 6 rings (SSSR count). The molecule has 0 unspecified atom stereocenters. The zero-order chi connectivity index (χ0) is 28.1. The number of rotatable bonds is 6. The van der Waals surface area contributed by atoms with Gasteiger partial charge in [0.1, 0.15) is 58.6 Å². The van der Waals surface area contributed by atoms with Crippen LogP contribution in [0.15, 0.2) is 42.0 Å². The highest BCUT2D eigenvalue weighted by molar-refractivity contribution is 7.16. The maximum atomic E-state index is 14.1. The highest BCUT2D eigenvalue weighted by Gasteiger charge is 2.49. The predicted molar refractivity (Wildman–Crippen MR) is 140 cm³/mol. The van der Waals surface area contributed by atoms with Gasteiger partial charge in [0, 0.05) is 12.7 Å². The lowest BCUT2D eigenvalue weighted by Crippen LogP contribution is -2.53. The van der Waals surface area contributed by atoms with Gasteiger partial charge in [0.05, 0.1) is 34.2 Å². The molecular weight excluding hydrogens is 568 g/mol. The number of thiazole rings is 1. The molecule has 5 atom stereocenters. The van der Waals surface area contributed by atoms with Crippen molar-refractivity contribution in [2.45, 2.75) is 37.4 Å². The second-order valence-electron chi connectivity index (χ2n) is 9.23. The van der Waals surface area contributed by atoms with E-state index in [0.717, 1.165) is 22.3 Å². The van der Waals surface area contributed by atoms with Gasteiger partial charge in [-0.15, -0.1) is 16.4 Å². The molecule has 208 valence electrons. The first kappa shape index (κ1) is 26.8. The fourth-order valence-corrected chi connectivity index (χ4v) is 5.73. The van der Waals surface area contributed by atoms with E-state index >= 15 is 0 Å². The smallest absolute Gasteiger partial charge is 0.164 e. The van der Waals surface area contributed by atoms with E-state index < -0.39 is 53.7 Å². The molecule has 0 spiro atoms. The summed E-state index contributed by atoms with van der Waals surface area (Å²) in [7, 11) is 1.44. The normalized spacial score (nSPS) is 23.2. The number of benzene rings is 2. The summed E-state index contributed by atoms with van der Waals surface area (Å²) >= 11 is 7.10. The van der Waals surface area contributed by atoms with Gasteiger partial charge in [-0.2, -0.15) is 5.10 Å². The second kappa shape index (κ2) is 10.5. The number of aromatic nitrogens is 7. The summed E-state index contributed by atoms with van der Waals surface area (Å²) in [4.78, 5) is 8.93. The van der Waals surface area contributed by atoms with Crippen molar-refractivity contribution in [1.82, 2.24) is 34.7 Å². The Labute approximate surface area is 234 Å². The lowest BCUT2D eigenvalue weighted by Gasteiger charge is -2.43. The van der Waals surface area contributed by atoms with Crippen molar-refractivity contribution in [1.29, 1.82) is 0 Å². The van der Waals surface area contributed by atoms with Gasteiger partial charge in [-0.1, -0.05) is 16.8 Å². The molecule has 0 aliphatic carbocycles. The van der Waals surface area contributed by atoms with Crippen molar-refractivity contribution in [3.05, 3.63) is 70.3 Å². The van der Waals surface area contributed by atoms with Crippen molar-refractivity contribution in [2.75, 3.05) is 13.7 Å². The average Bonchev–Trinajstić information content (AvgIpc) is 3.70. The molecule has 0 amide bonds. The number of nitrogens with zero attached hydrogens (tertiary/aromatic N) is 7. The maximum Gasteiger partial charge on any atom is 0.164 e. The van der Waals surface area contributed by atoms with Gasteiger partial charge in [0.2, 0.25) is 0 Å². The van der Waals surface area contributed by atoms with Gasteiger partial charge < -0.3 is 19.7 Å². The average molecular weight is 590 g/mol. The summed E-state index contributed by atoms with van der Waals surface area (Å²) in [5, 5.41) is 33.4.